The van der Waals surface area contributed by atoms with Crippen LogP contribution in [0.3, 0.4) is 0 Å². The molecule has 1 rings (SSSR count). The molecule has 1 saturated heterocycles. The molecule has 4 atom stereocenters. The molecular formula is C23H44O5. The van der Waals surface area contributed by atoms with Crippen LogP contribution in [0.25, 0.3) is 0 Å². The molecule has 0 saturated carbocycles. The van der Waals surface area contributed by atoms with Crippen LogP contribution < -0.4 is 0 Å². The number of hydrogen-bond donors (Lipinski definition) is 3. The molecule has 0 amide bonds. The molecule has 5 heteroatoms. The minimum atomic E-state index is -1.15. The summed E-state index contributed by atoms with van der Waals surface area (Å²) >= 11 is 0. The van der Waals surface area contributed by atoms with Gasteiger partial charge in [0.2, 0.25) is 0 Å². The van der Waals surface area contributed by atoms with E-state index in [0.29, 0.717) is 6.61 Å². The number of hydrogen-bond acceptors (Lipinski definition) is 5. The fourth-order valence-corrected chi connectivity index (χ4v) is 3.61. The largest absolute Gasteiger partial charge is 0.388 e. The first-order chi connectivity index (χ1) is 13.7. The van der Waals surface area contributed by atoms with Crippen molar-refractivity contribution in [3.63, 3.8) is 0 Å². The summed E-state index contributed by atoms with van der Waals surface area (Å²) < 4.78 is 10.9. The number of allylic oxidation sites excluding steroid dienone is 2. The lowest BCUT2D eigenvalue weighted by Crippen LogP contribution is -2.54. The molecule has 1 aliphatic heterocycles. The Bertz CT molecular complexity index is 374. The number of aliphatic hydroxyl groups excluding tert-OH is 3. The SMILES string of the molecule is C/C=C/CCCCCCCCCCCCCCOC[C@@H]1OC[C@@H](O)[C@H](O)[C@H]1O. The van der Waals surface area contributed by atoms with Gasteiger partial charge in [-0.1, -0.05) is 76.4 Å². The van der Waals surface area contributed by atoms with Gasteiger partial charge in [-0.3, -0.25) is 0 Å². The lowest BCUT2D eigenvalue weighted by molar-refractivity contribution is -0.199. The Labute approximate surface area is 172 Å². The van der Waals surface area contributed by atoms with E-state index in [1.165, 1.54) is 77.0 Å². The third kappa shape index (κ3) is 12.2. The molecule has 0 aliphatic carbocycles. The molecule has 0 bridgehead atoms. The maximum atomic E-state index is 9.83. The van der Waals surface area contributed by atoms with Gasteiger partial charge in [0.1, 0.15) is 24.4 Å². The van der Waals surface area contributed by atoms with Gasteiger partial charge in [-0.2, -0.15) is 0 Å². The zero-order valence-corrected chi connectivity index (χ0v) is 17.9. The minimum Gasteiger partial charge on any atom is -0.388 e. The topological polar surface area (TPSA) is 79.2 Å². The van der Waals surface area contributed by atoms with E-state index < -0.39 is 24.4 Å². The number of aliphatic hydroxyl groups is 3. The van der Waals surface area contributed by atoms with Crippen molar-refractivity contribution in [3.05, 3.63) is 12.2 Å². The first-order valence-corrected chi connectivity index (χ1v) is 11.5. The lowest BCUT2D eigenvalue weighted by atomic mass is 10.0. The van der Waals surface area contributed by atoms with Gasteiger partial charge >= 0.3 is 0 Å². The molecule has 5 nitrogen and oxygen atoms in total. The van der Waals surface area contributed by atoms with Crippen molar-refractivity contribution in [2.45, 2.75) is 115 Å². The van der Waals surface area contributed by atoms with Crippen LogP contribution in [0.2, 0.25) is 0 Å². The molecular weight excluding hydrogens is 356 g/mol. The second kappa shape index (κ2) is 17.4. The highest BCUT2D eigenvalue weighted by molar-refractivity contribution is 4.86. The standard InChI is InChI=1S/C23H44O5/c1-2-3-4-5-6-7-8-9-10-11-12-13-14-15-16-17-27-19-21-23(26)22(25)20(24)18-28-21/h2-3,20-26H,4-19H2,1H3/b3-2+/t20-,21+,22+,23+/m1/s1. The van der Waals surface area contributed by atoms with Crippen molar-refractivity contribution in [1.82, 2.24) is 0 Å². The quantitative estimate of drug-likeness (QED) is 0.253. The predicted molar refractivity (Wildman–Crippen MR) is 113 cm³/mol. The average molecular weight is 401 g/mol. The van der Waals surface area contributed by atoms with E-state index in [9.17, 15) is 15.3 Å². The highest BCUT2D eigenvalue weighted by Crippen LogP contribution is 2.16. The molecule has 1 aliphatic rings. The number of ether oxygens (including phenoxy) is 2. The van der Waals surface area contributed by atoms with Crippen LogP contribution >= 0.6 is 0 Å². The molecule has 3 N–H and O–H groups in total. The van der Waals surface area contributed by atoms with Gasteiger partial charge < -0.3 is 24.8 Å². The van der Waals surface area contributed by atoms with Gasteiger partial charge in [-0.05, 0) is 26.2 Å². The summed E-state index contributed by atoms with van der Waals surface area (Å²) in [6.07, 6.45) is 17.6. The summed E-state index contributed by atoms with van der Waals surface area (Å²) in [5.74, 6) is 0. The van der Waals surface area contributed by atoms with Gasteiger partial charge in [-0.15, -0.1) is 0 Å². The van der Waals surface area contributed by atoms with E-state index in [-0.39, 0.29) is 13.2 Å². The Morgan fingerprint density at radius 1 is 0.786 bits per heavy atom. The van der Waals surface area contributed by atoms with E-state index in [4.69, 9.17) is 9.47 Å². The Balaban J connectivity index is 1.78. The zero-order valence-electron chi connectivity index (χ0n) is 17.9. The number of unbranched alkanes of at least 4 members (excludes halogenated alkanes) is 12. The van der Waals surface area contributed by atoms with Gasteiger partial charge in [-0.25, -0.2) is 0 Å². The molecule has 28 heavy (non-hydrogen) atoms. The van der Waals surface area contributed by atoms with Crippen molar-refractivity contribution in [1.29, 1.82) is 0 Å². The van der Waals surface area contributed by atoms with Crippen molar-refractivity contribution >= 4 is 0 Å². The van der Waals surface area contributed by atoms with Gasteiger partial charge in [0.05, 0.1) is 13.2 Å². The van der Waals surface area contributed by atoms with Crippen molar-refractivity contribution in [3.8, 4) is 0 Å². The maximum Gasteiger partial charge on any atom is 0.111 e. The van der Waals surface area contributed by atoms with Gasteiger partial charge in [0, 0.05) is 6.61 Å². The van der Waals surface area contributed by atoms with Crippen LogP contribution in [0.4, 0.5) is 0 Å². The van der Waals surface area contributed by atoms with E-state index >= 15 is 0 Å². The fraction of sp³-hybridized carbons (Fsp3) is 0.913. The summed E-state index contributed by atoms with van der Waals surface area (Å²) in [6.45, 7) is 3.05. The minimum absolute atomic E-state index is 0.0445. The summed E-state index contributed by atoms with van der Waals surface area (Å²) in [7, 11) is 0. The zero-order chi connectivity index (χ0) is 20.5. The van der Waals surface area contributed by atoms with E-state index in [1.807, 2.05) is 0 Å². The highest BCUT2D eigenvalue weighted by atomic mass is 16.6. The van der Waals surface area contributed by atoms with Crippen LogP contribution in [0.15, 0.2) is 12.2 Å². The molecule has 0 aromatic heterocycles. The molecule has 0 unspecified atom stereocenters. The second-order valence-electron chi connectivity index (χ2n) is 8.10. The summed E-state index contributed by atoms with van der Waals surface area (Å²) in [5.41, 5.74) is 0. The van der Waals surface area contributed by atoms with E-state index in [2.05, 4.69) is 19.1 Å². The Hall–Kier alpha value is -0.460. The fourth-order valence-electron chi connectivity index (χ4n) is 3.61. The Morgan fingerprint density at radius 3 is 1.89 bits per heavy atom. The predicted octanol–water partition coefficient (Wildman–Crippen LogP) is 4.13. The van der Waals surface area contributed by atoms with Crippen molar-refractivity contribution in [2.24, 2.45) is 0 Å². The van der Waals surface area contributed by atoms with E-state index in [1.54, 1.807) is 0 Å². The van der Waals surface area contributed by atoms with Crippen LogP contribution in [0.5, 0.6) is 0 Å². The molecule has 0 aromatic rings. The monoisotopic (exact) mass is 400 g/mol. The van der Waals surface area contributed by atoms with Crippen molar-refractivity contribution < 1.29 is 24.8 Å². The average Bonchev–Trinajstić information content (AvgIpc) is 2.70. The number of rotatable bonds is 17. The van der Waals surface area contributed by atoms with Crippen molar-refractivity contribution in [2.75, 3.05) is 19.8 Å². The molecule has 0 radical (unpaired) electrons. The van der Waals surface area contributed by atoms with Crippen LogP contribution in [0, 0.1) is 0 Å². The molecule has 0 spiro atoms. The van der Waals surface area contributed by atoms with Gasteiger partial charge in [0.25, 0.3) is 0 Å². The van der Waals surface area contributed by atoms with Gasteiger partial charge in [0.15, 0.2) is 0 Å². The van der Waals surface area contributed by atoms with Crippen LogP contribution in [-0.4, -0.2) is 59.6 Å². The van der Waals surface area contributed by atoms with Crippen LogP contribution in [-0.2, 0) is 9.47 Å². The first-order valence-electron chi connectivity index (χ1n) is 11.5. The third-order valence-electron chi connectivity index (χ3n) is 5.53. The molecule has 166 valence electrons. The lowest BCUT2D eigenvalue weighted by Gasteiger charge is -2.35. The summed E-state index contributed by atoms with van der Waals surface area (Å²) in [6, 6.07) is 0. The normalized spacial score (nSPS) is 25.6. The Kier molecular flexibility index (Phi) is 15.9. The molecule has 0 aromatic carbocycles. The maximum absolute atomic E-state index is 9.83. The van der Waals surface area contributed by atoms with E-state index in [0.717, 1.165) is 6.42 Å². The highest BCUT2D eigenvalue weighted by Gasteiger charge is 2.37. The molecule has 1 fully saturated rings. The Morgan fingerprint density at radius 2 is 1.32 bits per heavy atom. The second-order valence-corrected chi connectivity index (χ2v) is 8.10. The first kappa shape index (κ1) is 25.6. The van der Waals surface area contributed by atoms with Crippen LogP contribution in [0.1, 0.15) is 90.4 Å². The summed E-state index contributed by atoms with van der Waals surface area (Å²) in [4.78, 5) is 0. The summed E-state index contributed by atoms with van der Waals surface area (Å²) in [5, 5.41) is 28.9. The third-order valence-corrected chi connectivity index (χ3v) is 5.53. The smallest absolute Gasteiger partial charge is 0.111 e. The molecule has 1 heterocycles.